The van der Waals surface area contributed by atoms with Gasteiger partial charge in [-0.15, -0.1) is 12.4 Å². The maximum absolute atomic E-state index is 10.7. The summed E-state index contributed by atoms with van der Waals surface area (Å²) in [4.78, 5) is 10.7. The lowest BCUT2D eigenvalue weighted by atomic mass is 10.0. The third-order valence-electron chi connectivity index (χ3n) is 2.49. The normalized spacial score (nSPS) is 13.1. The highest BCUT2D eigenvalue weighted by molar-refractivity contribution is 5.94. The summed E-state index contributed by atoms with van der Waals surface area (Å²) in [6, 6.07) is 3.51. The summed E-state index contributed by atoms with van der Waals surface area (Å²) in [7, 11) is 0. The SMILES string of the molecule is Cl.Nc1cc2c(cc1C(=O)O)CCC2. The summed E-state index contributed by atoms with van der Waals surface area (Å²) in [6.45, 7) is 0. The molecule has 0 bridgehead atoms. The number of carboxylic acids is 1. The van der Waals surface area contributed by atoms with E-state index in [0.717, 1.165) is 24.8 Å². The molecule has 0 fully saturated rings. The number of aryl methyl sites for hydroxylation is 2. The third kappa shape index (κ3) is 1.68. The molecular weight excluding hydrogens is 202 g/mol. The van der Waals surface area contributed by atoms with E-state index in [1.807, 2.05) is 0 Å². The number of halogens is 1. The molecule has 2 rings (SSSR count). The Hall–Kier alpha value is -1.22. The predicted octanol–water partition coefficient (Wildman–Crippen LogP) is 1.88. The summed E-state index contributed by atoms with van der Waals surface area (Å²) in [5.74, 6) is -0.938. The number of hydrogen-bond acceptors (Lipinski definition) is 2. The van der Waals surface area contributed by atoms with E-state index < -0.39 is 5.97 Å². The first kappa shape index (κ1) is 10.9. The Morgan fingerprint density at radius 2 is 1.86 bits per heavy atom. The van der Waals surface area contributed by atoms with Crippen molar-refractivity contribution in [2.45, 2.75) is 19.3 Å². The smallest absolute Gasteiger partial charge is 0.337 e. The largest absolute Gasteiger partial charge is 0.478 e. The monoisotopic (exact) mass is 213 g/mol. The van der Waals surface area contributed by atoms with Crippen molar-refractivity contribution in [3.05, 3.63) is 28.8 Å². The Labute approximate surface area is 88.3 Å². The molecule has 0 saturated carbocycles. The summed E-state index contributed by atoms with van der Waals surface area (Å²) in [6.07, 6.45) is 3.12. The van der Waals surface area contributed by atoms with Crippen molar-refractivity contribution in [1.29, 1.82) is 0 Å². The van der Waals surface area contributed by atoms with Gasteiger partial charge in [-0.05, 0) is 42.5 Å². The lowest BCUT2D eigenvalue weighted by molar-refractivity contribution is 0.0698. The van der Waals surface area contributed by atoms with Gasteiger partial charge in [0.15, 0.2) is 0 Å². The zero-order chi connectivity index (χ0) is 9.42. The lowest BCUT2D eigenvalue weighted by Crippen LogP contribution is -2.03. The second kappa shape index (κ2) is 3.88. The molecule has 0 aliphatic heterocycles. The van der Waals surface area contributed by atoms with Gasteiger partial charge in [-0.3, -0.25) is 0 Å². The number of carboxylic acid groups (broad SMARTS) is 1. The van der Waals surface area contributed by atoms with Crippen LogP contribution < -0.4 is 5.73 Å². The molecular formula is C10H12ClNO2. The molecule has 14 heavy (non-hydrogen) atoms. The fourth-order valence-corrected chi connectivity index (χ4v) is 1.83. The first-order chi connectivity index (χ1) is 6.18. The number of nitrogens with two attached hydrogens (primary N) is 1. The fraction of sp³-hybridized carbons (Fsp3) is 0.300. The molecule has 4 heteroatoms. The summed E-state index contributed by atoms with van der Waals surface area (Å²) >= 11 is 0. The molecule has 0 spiro atoms. The standard InChI is InChI=1S/C10H11NO2.ClH/c11-9-5-7-3-1-2-6(7)4-8(9)10(12)13;/h4-5H,1-3,11H2,(H,12,13);1H. The number of carbonyl (C=O) groups is 1. The van der Waals surface area contributed by atoms with Crippen LogP contribution in [0.2, 0.25) is 0 Å². The van der Waals surface area contributed by atoms with Gasteiger partial charge in [0.05, 0.1) is 5.56 Å². The van der Waals surface area contributed by atoms with E-state index in [-0.39, 0.29) is 18.0 Å². The number of benzene rings is 1. The Bertz CT molecular complexity index is 377. The third-order valence-corrected chi connectivity index (χ3v) is 2.49. The molecule has 1 aromatic rings. The van der Waals surface area contributed by atoms with E-state index in [2.05, 4.69) is 0 Å². The van der Waals surface area contributed by atoms with Crippen molar-refractivity contribution in [1.82, 2.24) is 0 Å². The summed E-state index contributed by atoms with van der Waals surface area (Å²) in [5, 5.41) is 8.82. The van der Waals surface area contributed by atoms with Crippen molar-refractivity contribution >= 4 is 24.1 Å². The van der Waals surface area contributed by atoms with Gasteiger partial charge in [-0.25, -0.2) is 4.79 Å². The lowest BCUT2D eigenvalue weighted by Gasteiger charge is -2.04. The maximum Gasteiger partial charge on any atom is 0.337 e. The first-order valence-electron chi connectivity index (χ1n) is 4.33. The topological polar surface area (TPSA) is 63.3 Å². The van der Waals surface area contributed by atoms with Gasteiger partial charge in [0.1, 0.15) is 0 Å². The van der Waals surface area contributed by atoms with Gasteiger partial charge in [-0.1, -0.05) is 0 Å². The number of anilines is 1. The van der Waals surface area contributed by atoms with Crippen molar-refractivity contribution in [3.63, 3.8) is 0 Å². The summed E-state index contributed by atoms with van der Waals surface area (Å²) < 4.78 is 0. The van der Waals surface area contributed by atoms with Crippen LogP contribution in [0, 0.1) is 0 Å². The maximum atomic E-state index is 10.7. The molecule has 0 amide bonds. The molecule has 3 nitrogen and oxygen atoms in total. The minimum absolute atomic E-state index is 0. The quantitative estimate of drug-likeness (QED) is 0.701. The molecule has 76 valence electrons. The van der Waals surface area contributed by atoms with Crippen LogP contribution in [0.25, 0.3) is 0 Å². The van der Waals surface area contributed by atoms with Crippen LogP contribution >= 0.6 is 12.4 Å². The van der Waals surface area contributed by atoms with Gasteiger partial charge in [0.25, 0.3) is 0 Å². The van der Waals surface area contributed by atoms with Crippen LogP contribution in [-0.4, -0.2) is 11.1 Å². The zero-order valence-electron chi connectivity index (χ0n) is 7.62. The number of rotatable bonds is 1. The minimum Gasteiger partial charge on any atom is -0.478 e. The Kier molecular flexibility index (Phi) is 3.01. The number of aromatic carboxylic acids is 1. The second-order valence-corrected chi connectivity index (χ2v) is 3.37. The molecule has 0 unspecified atom stereocenters. The van der Waals surface area contributed by atoms with Gasteiger partial charge >= 0.3 is 5.97 Å². The molecule has 1 aromatic carbocycles. The van der Waals surface area contributed by atoms with Crippen LogP contribution in [-0.2, 0) is 12.8 Å². The zero-order valence-corrected chi connectivity index (χ0v) is 8.43. The minimum atomic E-state index is -0.938. The van der Waals surface area contributed by atoms with Crippen molar-refractivity contribution in [3.8, 4) is 0 Å². The van der Waals surface area contributed by atoms with Crippen LogP contribution in [0.4, 0.5) is 5.69 Å². The van der Waals surface area contributed by atoms with E-state index in [1.54, 1.807) is 12.1 Å². The second-order valence-electron chi connectivity index (χ2n) is 3.37. The number of nitrogen functional groups attached to an aromatic ring is 1. The Balaban J connectivity index is 0.000000980. The van der Waals surface area contributed by atoms with Gasteiger partial charge < -0.3 is 10.8 Å². The van der Waals surface area contributed by atoms with Crippen molar-refractivity contribution in [2.24, 2.45) is 0 Å². The molecule has 0 heterocycles. The van der Waals surface area contributed by atoms with Gasteiger partial charge in [0.2, 0.25) is 0 Å². The van der Waals surface area contributed by atoms with Crippen LogP contribution in [0.3, 0.4) is 0 Å². The molecule has 0 saturated heterocycles. The van der Waals surface area contributed by atoms with E-state index in [4.69, 9.17) is 10.8 Å². The molecule has 1 aliphatic rings. The van der Waals surface area contributed by atoms with Gasteiger partial charge in [-0.2, -0.15) is 0 Å². The molecule has 0 aromatic heterocycles. The highest BCUT2D eigenvalue weighted by Crippen LogP contribution is 2.26. The molecule has 0 radical (unpaired) electrons. The fourth-order valence-electron chi connectivity index (χ4n) is 1.83. The average Bonchev–Trinajstić information content (AvgIpc) is 2.48. The number of hydrogen-bond donors (Lipinski definition) is 2. The van der Waals surface area contributed by atoms with Crippen LogP contribution in [0.5, 0.6) is 0 Å². The van der Waals surface area contributed by atoms with E-state index >= 15 is 0 Å². The average molecular weight is 214 g/mol. The summed E-state index contributed by atoms with van der Waals surface area (Å²) in [5.41, 5.74) is 8.59. The molecule has 1 aliphatic carbocycles. The van der Waals surface area contributed by atoms with E-state index in [1.165, 1.54) is 5.56 Å². The number of fused-ring (bicyclic) bond motifs is 1. The van der Waals surface area contributed by atoms with Crippen LogP contribution in [0.15, 0.2) is 12.1 Å². The highest BCUT2D eigenvalue weighted by Gasteiger charge is 2.16. The van der Waals surface area contributed by atoms with Crippen molar-refractivity contribution in [2.75, 3.05) is 5.73 Å². The van der Waals surface area contributed by atoms with Crippen LogP contribution in [0.1, 0.15) is 27.9 Å². The van der Waals surface area contributed by atoms with E-state index in [0.29, 0.717) is 5.69 Å². The highest BCUT2D eigenvalue weighted by atomic mass is 35.5. The predicted molar refractivity (Wildman–Crippen MR) is 57.1 cm³/mol. The molecule has 0 atom stereocenters. The molecule has 3 N–H and O–H groups in total. The van der Waals surface area contributed by atoms with Crippen molar-refractivity contribution < 1.29 is 9.90 Å². The Morgan fingerprint density at radius 1 is 1.29 bits per heavy atom. The first-order valence-corrected chi connectivity index (χ1v) is 4.33. The van der Waals surface area contributed by atoms with Gasteiger partial charge in [0, 0.05) is 5.69 Å². The Morgan fingerprint density at radius 3 is 2.43 bits per heavy atom. The van der Waals surface area contributed by atoms with E-state index in [9.17, 15) is 4.79 Å².